The molecule has 110 valence electrons. The minimum atomic E-state index is -2.33. The van der Waals surface area contributed by atoms with Crippen molar-refractivity contribution in [3.05, 3.63) is 0 Å². The maximum absolute atomic E-state index is 8.33. The molecule has 0 atom stereocenters. The number of rotatable bonds is 7. The van der Waals surface area contributed by atoms with E-state index in [4.69, 9.17) is 35.3 Å². The topological polar surface area (TPSA) is 156 Å². The molecule has 0 aliphatic heterocycles. The second-order valence-electron chi connectivity index (χ2n) is 3.10. The molecule has 0 spiro atoms. The molecular formula is C10H18O8-4. The first-order valence-electron chi connectivity index (χ1n) is 5.40. The van der Waals surface area contributed by atoms with E-state index >= 15 is 0 Å². The van der Waals surface area contributed by atoms with Gasteiger partial charge in [0.05, 0.1) is 6.61 Å². The van der Waals surface area contributed by atoms with Crippen LogP contribution in [-0.2, 0) is 4.89 Å². The average molecular weight is 266 g/mol. The molecule has 0 saturated heterocycles. The second kappa shape index (κ2) is 20.8. The van der Waals surface area contributed by atoms with Crippen molar-refractivity contribution in [1.82, 2.24) is 0 Å². The minimum absolute atomic E-state index is 0.492. The molecule has 0 radical (unpaired) electrons. The first-order chi connectivity index (χ1) is 8.38. The van der Waals surface area contributed by atoms with E-state index in [1.165, 1.54) is 32.1 Å². The molecule has 0 aliphatic carbocycles. The van der Waals surface area contributed by atoms with Gasteiger partial charge >= 0.3 is 0 Å². The van der Waals surface area contributed by atoms with Crippen molar-refractivity contribution in [2.75, 3.05) is 6.61 Å². The third kappa shape index (κ3) is 87.9. The van der Waals surface area contributed by atoms with Gasteiger partial charge in [-0.05, 0) is 18.7 Å². The van der Waals surface area contributed by atoms with Gasteiger partial charge in [0.15, 0.2) is 0 Å². The van der Waals surface area contributed by atoms with Crippen LogP contribution in [0, 0.1) is 0 Å². The highest BCUT2D eigenvalue weighted by Gasteiger charge is 1.88. The molecule has 0 aliphatic rings. The molecule has 0 aromatic carbocycles. The Morgan fingerprint density at radius 1 is 0.889 bits per heavy atom. The molecule has 0 aromatic rings. The second-order valence-corrected chi connectivity index (χ2v) is 3.10. The normalized spacial score (nSPS) is 8.33. The molecular weight excluding hydrogens is 248 g/mol. The van der Waals surface area contributed by atoms with Crippen LogP contribution >= 0.6 is 0 Å². The SMILES string of the molecule is CCCCCCCCOO.O=C([O-])[O-].O=C([O-])[O-]. The number of carbonyl (C=O) groups excluding carboxylic acids is 2. The fraction of sp³-hybridized carbons (Fsp3) is 0.800. The summed E-state index contributed by atoms with van der Waals surface area (Å²) < 4.78 is 0. The zero-order valence-corrected chi connectivity index (χ0v) is 10.3. The van der Waals surface area contributed by atoms with Crippen molar-refractivity contribution in [1.29, 1.82) is 0 Å². The van der Waals surface area contributed by atoms with E-state index in [9.17, 15) is 0 Å². The Morgan fingerprint density at radius 3 is 1.56 bits per heavy atom. The minimum Gasteiger partial charge on any atom is -0.652 e. The highest BCUT2D eigenvalue weighted by atomic mass is 17.1. The van der Waals surface area contributed by atoms with Crippen LogP contribution < -0.4 is 20.4 Å². The quantitative estimate of drug-likeness (QED) is 0.313. The van der Waals surface area contributed by atoms with Gasteiger partial charge in [-0.15, -0.1) is 0 Å². The summed E-state index contributed by atoms with van der Waals surface area (Å²) in [5.74, 6) is 0. The van der Waals surface area contributed by atoms with E-state index < -0.39 is 12.3 Å². The molecule has 0 amide bonds. The van der Waals surface area contributed by atoms with Crippen LogP contribution in [0.2, 0.25) is 0 Å². The Labute approximate surface area is 105 Å². The molecule has 0 heterocycles. The summed E-state index contributed by atoms with van der Waals surface area (Å²) in [6.45, 7) is 2.70. The maximum atomic E-state index is 8.33. The molecule has 1 N–H and O–H groups in total. The van der Waals surface area contributed by atoms with Gasteiger partial charge < -0.3 is 30.0 Å². The van der Waals surface area contributed by atoms with Crippen LogP contribution in [0.4, 0.5) is 9.59 Å². The number of carbonyl (C=O) groups is 2. The first kappa shape index (κ1) is 21.7. The third-order valence-corrected chi connectivity index (χ3v) is 1.59. The molecule has 0 unspecified atom stereocenters. The van der Waals surface area contributed by atoms with Crippen LogP contribution in [0.3, 0.4) is 0 Å². The lowest BCUT2D eigenvalue weighted by atomic mass is 10.1. The van der Waals surface area contributed by atoms with Crippen LogP contribution in [0.15, 0.2) is 0 Å². The summed E-state index contributed by atoms with van der Waals surface area (Å²) in [6, 6.07) is 0. The Kier molecular flexibility index (Phi) is 25.1. The summed E-state index contributed by atoms with van der Waals surface area (Å²) in [5, 5.41) is 41.3. The summed E-state index contributed by atoms with van der Waals surface area (Å²) >= 11 is 0. The van der Waals surface area contributed by atoms with Crippen molar-refractivity contribution in [2.45, 2.75) is 45.4 Å². The van der Waals surface area contributed by atoms with Crippen molar-refractivity contribution >= 4 is 12.3 Å². The maximum Gasteiger partial charge on any atom is 0.0819 e. The van der Waals surface area contributed by atoms with Gasteiger partial charge in [-0.2, -0.15) is 0 Å². The van der Waals surface area contributed by atoms with E-state index in [-0.39, 0.29) is 0 Å². The average Bonchev–Trinajstić information content (AvgIpc) is 2.22. The molecule has 0 rings (SSSR count). The lowest BCUT2D eigenvalue weighted by Gasteiger charge is -1.97. The summed E-state index contributed by atoms with van der Waals surface area (Å²) in [4.78, 5) is 20.6. The molecule has 8 heteroatoms. The molecule has 0 aromatic heterocycles. The van der Waals surface area contributed by atoms with Crippen LogP contribution in [-0.4, -0.2) is 24.2 Å². The van der Waals surface area contributed by atoms with E-state index in [0.717, 1.165) is 6.42 Å². The van der Waals surface area contributed by atoms with Crippen molar-refractivity contribution in [2.24, 2.45) is 0 Å². The lowest BCUT2D eigenvalue weighted by molar-refractivity contribution is -0.417. The molecule has 8 nitrogen and oxygen atoms in total. The van der Waals surface area contributed by atoms with Crippen LogP contribution in [0.1, 0.15) is 45.4 Å². The van der Waals surface area contributed by atoms with Gasteiger partial charge in [0, 0.05) is 0 Å². The molecule has 0 fully saturated rings. The third-order valence-electron chi connectivity index (χ3n) is 1.59. The van der Waals surface area contributed by atoms with Gasteiger partial charge in [0.1, 0.15) is 0 Å². The Morgan fingerprint density at radius 2 is 1.22 bits per heavy atom. The van der Waals surface area contributed by atoms with E-state index in [0.29, 0.717) is 6.61 Å². The van der Waals surface area contributed by atoms with Gasteiger partial charge in [0.25, 0.3) is 0 Å². The Hall–Kier alpha value is -1.54. The molecule has 0 saturated carbocycles. The summed E-state index contributed by atoms with van der Waals surface area (Å²) in [7, 11) is 0. The number of unbranched alkanes of at least 4 members (excludes halogenated alkanes) is 5. The zero-order valence-electron chi connectivity index (χ0n) is 10.3. The highest BCUT2D eigenvalue weighted by Crippen LogP contribution is 2.04. The van der Waals surface area contributed by atoms with E-state index in [1.807, 2.05) is 0 Å². The van der Waals surface area contributed by atoms with Gasteiger partial charge in [0.2, 0.25) is 0 Å². The smallest absolute Gasteiger partial charge is 0.0819 e. The predicted octanol–water partition coefficient (Wildman–Crippen LogP) is -2.06. The fourth-order valence-corrected chi connectivity index (χ4v) is 0.947. The lowest BCUT2D eigenvalue weighted by Crippen LogP contribution is -2.37. The zero-order chi connectivity index (χ0) is 14.8. The van der Waals surface area contributed by atoms with Gasteiger partial charge in [-0.3, -0.25) is 5.26 Å². The highest BCUT2D eigenvalue weighted by molar-refractivity contribution is 5.47. The van der Waals surface area contributed by atoms with Crippen LogP contribution in [0.5, 0.6) is 0 Å². The summed E-state index contributed by atoms with van der Waals surface area (Å²) in [5.41, 5.74) is 0. The van der Waals surface area contributed by atoms with Gasteiger partial charge in [-0.1, -0.05) is 39.0 Å². The Balaban J connectivity index is -0.000000233. The van der Waals surface area contributed by atoms with E-state index in [2.05, 4.69) is 11.8 Å². The van der Waals surface area contributed by atoms with E-state index in [1.54, 1.807) is 0 Å². The monoisotopic (exact) mass is 266 g/mol. The number of carboxylic acid groups (broad SMARTS) is 4. The molecule has 18 heavy (non-hydrogen) atoms. The van der Waals surface area contributed by atoms with Crippen molar-refractivity contribution in [3.63, 3.8) is 0 Å². The fourth-order valence-electron chi connectivity index (χ4n) is 0.947. The Bertz CT molecular complexity index is 155. The standard InChI is InChI=1S/C8H18O2.2CH2O3/c1-2-3-4-5-6-7-8-10-9;2*2-1(3)4/h9H,2-8H2,1H3;2*(H2,2,3,4)/p-4. The number of hydrogen-bond acceptors (Lipinski definition) is 8. The van der Waals surface area contributed by atoms with Crippen molar-refractivity contribution < 1.29 is 40.2 Å². The predicted molar refractivity (Wildman–Crippen MR) is 52.7 cm³/mol. The molecule has 0 bridgehead atoms. The first-order valence-corrected chi connectivity index (χ1v) is 5.40. The summed E-state index contributed by atoms with van der Waals surface area (Å²) in [6.07, 6.45) is 2.72. The largest absolute Gasteiger partial charge is 0.652 e. The number of hydrogen-bond donors (Lipinski definition) is 1. The van der Waals surface area contributed by atoms with Crippen LogP contribution in [0.25, 0.3) is 0 Å². The van der Waals surface area contributed by atoms with Crippen molar-refractivity contribution in [3.8, 4) is 0 Å². The van der Waals surface area contributed by atoms with Gasteiger partial charge in [-0.25, -0.2) is 4.89 Å².